The summed E-state index contributed by atoms with van der Waals surface area (Å²) in [5.41, 5.74) is 1.48. The van der Waals surface area contributed by atoms with Crippen molar-refractivity contribution in [2.75, 3.05) is 22.5 Å². The summed E-state index contributed by atoms with van der Waals surface area (Å²) in [7, 11) is 0. The van der Waals surface area contributed by atoms with Crippen LogP contribution in [0.5, 0.6) is 0 Å². The Morgan fingerprint density at radius 1 is 1.23 bits per heavy atom. The van der Waals surface area contributed by atoms with Gasteiger partial charge in [-0.15, -0.1) is 5.10 Å². The van der Waals surface area contributed by atoms with Crippen molar-refractivity contribution in [3.63, 3.8) is 0 Å². The molecular formula is C19H18ClN9OS. The number of rotatable bonds is 8. The van der Waals surface area contributed by atoms with Crippen molar-refractivity contribution in [3.8, 4) is 0 Å². The summed E-state index contributed by atoms with van der Waals surface area (Å²) in [6, 6.07) is 7.21. The van der Waals surface area contributed by atoms with Gasteiger partial charge in [-0.1, -0.05) is 40.3 Å². The highest BCUT2D eigenvalue weighted by atomic mass is 35.5. The summed E-state index contributed by atoms with van der Waals surface area (Å²) in [6.45, 7) is 3.17. The molecule has 1 aromatic carbocycles. The fourth-order valence-corrected chi connectivity index (χ4v) is 3.67. The molecule has 0 aliphatic rings. The van der Waals surface area contributed by atoms with Gasteiger partial charge < -0.3 is 16.0 Å². The van der Waals surface area contributed by atoms with Crippen LogP contribution in [0.15, 0.2) is 49.2 Å². The van der Waals surface area contributed by atoms with Crippen molar-refractivity contribution in [2.24, 2.45) is 0 Å². The Kier molecular flexibility index (Phi) is 6.34. The minimum Gasteiger partial charge on any atom is -0.368 e. The lowest BCUT2D eigenvalue weighted by atomic mass is 10.2. The monoisotopic (exact) mass is 455 g/mol. The molecule has 0 spiro atoms. The predicted molar refractivity (Wildman–Crippen MR) is 120 cm³/mol. The minimum absolute atomic E-state index is 0.278. The largest absolute Gasteiger partial charge is 0.368 e. The van der Waals surface area contributed by atoms with Gasteiger partial charge in [0.25, 0.3) is 5.91 Å². The molecule has 10 nitrogen and oxygen atoms in total. The Balaban J connectivity index is 1.36. The average molecular weight is 456 g/mol. The molecule has 0 aliphatic carbocycles. The van der Waals surface area contributed by atoms with E-state index in [1.165, 1.54) is 23.9 Å². The van der Waals surface area contributed by atoms with Crippen LogP contribution in [0.4, 0.5) is 22.5 Å². The number of aromatic nitrogens is 6. The lowest BCUT2D eigenvalue weighted by molar-refractivity contribution is 0.103. The van der Waals surface area contributed by atoms with E-state index in [0.717, 1.165) is 5.56 Å². The molecule has 3 heterocycles. The molecule has 0 bridgehead atoms. The SMILES string of the molecule is Cc1cccc(Cl)c1NC(=O)c1cnc(Nc2cc(NCCn3ccnn3)ncn2)s1. The van der Waals surface area contributed by atoms with E-state index in [-0.39, 0.29) is 5.91 Å². The number of amides is 1. The highest BCUT2D eigenvalue weighted by molar-refractivity contribution is 7.17. The number of carbonyl (C=O) groups excluding carboxylic acids is 1. The van der Waals surface area contributed by atoms with Gasteiger partial charge >= 0.3 is 0 Å². The van der Waals surface area contributed by atoms with Gasteiger partial charge in [-0.25, -0.2) is 15.0 Å². The van der Waals surface area contributed by atoms with E-state index >= 15 is 0 Å². The predicted octanol–water partition coefficient (Wildman–Crippen LogP) is 3.59. The maximum atomic E-state index is 12.6. The maximum absolute atomic E-state index is 12.6. The number of aryl methyl sites for hydroxylation is 1. The fourth-order valence-electron chi connectivity index (χ4n) is 2.68. The Morgan fingerprint density at radius 3 is 2.90 bits per heavy atom. The summed E-state index contributed by atoms with van der Waals surface area (Å²) in [6.07, 6.45) is 6.37. The van der Waals surface area contributed by atoms with E-state index in [0.29, 0.717) is 45.4 Å². The molecule has 4 aromatic rings. The lowest BCUT2D eigenvalue weighted by Gasteiger charge is -2.09. The summed E-state index contributed by atoms with van der Waals surface area (Å²) in [5.74, 6) is 0.933. The first kappa shape index (κ1) is 20.7. The number of anilines is 4. The van der Waals surface area contributed by atoms with Crippen LogP contribution in [0.2, 0.25) is 5.02 Å². The van der Waals surface area contributed by atoms with Crippen LogP contribution < -0.4 is 16.0 Å². The van der Waals surface area contributed by atoms with Crippen molar-refractivity contribution < 1.29 is 4.79 Å². The molecule has 0 radical (unpaired) electrons. The van der Waals surface area contributed by atoms with E-state index in [9.17, 15) is 4.79 Å². The number of halogens is 1. The van der Waals surface area contributed by atoms with Crippen molar-refractivity contribution in [1.82, 2.24) is 29.9 Å². The van der Waals surface area contributed by atoms with E-state index in [1.807, 2.05) is 19.1 Å². The number of para-hydroxylation sites is 1. The first-order valence-electron chi connectivity index (χ1n) is 9.28. The molecule has 1 amide bonds. The zero-order valence-corrected chi connectivity index (χ0v) is 18.0. The number of carbonyl (C=O) groups is 1. The Morgan fingerprint density at radius 2 is 2.10 bits per heavy atom. The Labute approximate surface area is 186 Å². The van der Waals surface area contributed by atoms with Crippen LogP contribution in [-0.2, 0) is 6.54 Å². The van der Waals surface area contributed by atoms with Crippen molar-refractivity contribution in [3.05, 3.63) is 64.6 Å². The number of hydrogen-bond acceptors (Lipinski definition) is 9. The van der Waals surface area contributed by atoms with E-state index in [1.54, 1.807) is 29.2 Å². The molecule has 0 unspecified atom stereocenters. The van der Waals surface area contributed by atoms with Gasteiger partial charge in [0.2, 0.25) is 0 Å². The first-order valence-corrected chi connectivity index (χ1v) is 10.5. The van der Waals surface area contributed by atoms with Gasteiger partial charge in [-0.05, 0) is 18.6 Å². The number of nitrogens with one attached hydrogen (secondary N) is 3. The van der Waals surface area contributed by atoms with Crippen molar-refractivity contribution >= 4 is 51.3 Å². The first-order chi connectivity index (χ1) is 15.1. The smallest absolute Gasteiger partial charge is 0.267 e. The van der Waals surface area contributed by atoms with E-state index in [4.69, 9.17) is 11.6 Å². The molecule has 158 valence electrons. The summed E-state index contributed by atoms with van der Waals surface area (Å²) in [5, 5.41) is 17.8. The normalized spacial score (nSPS) is 10.6. The van der Waals surface area contributed by atoms with Crippen LogP contribution in [0.1, 0.15) is 15.2 Å². The highest BCUT2D eigenvalue weighted by Crippen LogP contribution is 2.28. The molecule has 31 heavy (non-hydrogen) atoms. The second-order valence-corrected chi connectivity index (χ2v) is 7.86. The third-order valence-electron chi connectivity index (χ3n) is 4.21. The van der Waals surface area contributed by atoms with Crippen LogP contribution in [-0.4, -0.2) is 42.4 Å². The van der Waals surface area contributed by atoms with Gasteiger partial charge in [0.15, 0.2) is 5.13 Å². The molecule has 3 N–H and O–H groups in total. The van der Waals surface area contributed by atoms with Gasteiger partial charge in [0.1, 0.15) is 22.8 Å². The van der Waals surface area contributed by atoms with E-state index in [2.05, 4.69) is 41.2 Å². The Bertz CT molecular complexity index is 1160. The maximum Gasteiger partial charge on any atom is 0.267 e. The number of benzene rings is 1. The molecule has 12 heteroatoms. The third-order valence-corrected chi connectivity index (χ3v) is 5.44. The molecule has 0 aliphatic heterocycles. The number of nitrogens with zero attached hydrogens (tertiary/aromatic N) is 6. The number of thiazole rings is 1. The molecule has 0 saturated carbocycles. The minimum atomic E-state index is -0.278. The molecule has 0 fully saturated rings. The highest BCUT2D eigenvalue weighted by Gasteiger charge is 2.14. The van der Waals surface area contributed by atoms with Crippen molar-refractivity contribution in [1.29, 1.82) is 0 Å². The van der Waals surface area contributed by atoms with Gasteiger partial charge in [-0.2, -0.15) is 0 Å². The van der Waals surface area contributed by atoms with Crippen LogP contribution in [0.3, 0.4) is 0 Å². The molecule has 0 atom stereocenters. The topological polar surface area (TPSA) is 123 Å². The third kappa shape index (κ3) is 5.32. The van der Waals surface area contributed by atoms with Crippen molar-refractivity contribution in [2.45, 2.75) is 13.5 Å². The second-order valence-electron chi connectivity index (χ2n) is 6.42. The second kappa shape index (κ2) is 9.49. The molecule has 0 saturated heterocycles. The van der Waals surface area contributed by atoms with Gasteiger partial charge in [-0.3, -0.25) is 9.48 Å². The lowest BCUT2D eigenvalue weighted by Crippen LogP contribution is -2.12. The van der Waals surface area contributed by atoms with Crippen LogP contribution in [0.25, 0.3) is 0 Å². The fraction of sp³-hybridized carbons (Fsp3) is 0.158. The van der Waals surface area contributed by atoms with E-state index < -0.39 is 0 Å². The van der Waals surface area contributed by atoms with Gasteiger partial charge in [0.05, 0.1) is 29.6 Å². The number of hydrogen-bond donors (Lipinski definition) is 3. The average Bonchev–Trinajstić information content (AvgIpc) is 3.43. The summed E-state index contributed by atoms with van der Waals surface area (Å²) >= 11 is 7.40. The zero-order valence-electron chi connectivity index (χ0n) is 16.4. The standard InChI is InChI=1S/C19H18ClN9OS/c1-12-3-2-4-13(20)17(12)27-18(30)14-10-22-19(31-14)26-16-9-15(23-11-24-16)21-5-7-29-8-6-25-28-29/h2-4,6,8-11H,5,7H2,1H3,(H,27,30)(H2,21,22,23,24,26). The van der Waals surface area contributed by atoms with Crippen LogP contribution in [0, 0.1) is 6.92 Å². The zero-order chi connectivity index (χ0) is 21.6. The summed E-state index contributed by atoms with van der Waals surface area (Å²) in [4.78, 5) is 25.7. The summed E-state index contributed by atoms with van der Waals surface area (Å²) < 4.78 is 1.72. The quantitative estimate of drug-likeness (QED) is 0.368. The molecule has 3 aromatic heterocycles. The van der Waals surface area contributed by atoms with Gasteiger partial charge in [0, 0.05) is 18.8 Å². The Hall–Kier alpha value is -3.57. The van der Waals surface area contributed by atoms with Crippen LogP contribution >= 0.6 is 22.9 Å². The molecule has 4 rings (SSSR count). The molecular weight excluding hydrogens is 438 g/mol.